The smallest absolute Gasteiger partial charge is 0.251 e. The Morgan fingerprint density at radius 1 is 1.07 bits per heavy atom. The van der Waals surface area contributed by atoms with E-state index >= 15 is 0 Å². The number of aliphatic imine (C=N–C) groups is 1. The van der Waals surface area contributed by atoms with E-state index in [1.54, 1.807) is 37.4 Å². The second-order valence-electron chi connectivity index (χ2n) is 7.37. The number of carbonyl (C=O) groups excluding carboxylic acids is 1. The third kappa shape index (κ3) is 5.49. The number of benzene rings is 2. The van der Waals surface area contributed by atoms with Gasteiger partial charge in [0.15, 0.2) is 5.96 Å². The highest BCUT2D eigenvalue weighted by atomic mass is 19.1. The normalized spacial score (nSPS) is 14.7. The van der Waals surface area contributed by atoms with E-state index in [9.17, 15) is 9.18 Å². The van der Waals surface area contributed by atoms with E-state index in [2.05, 4.69) is 20.9 Å². The van der Waals surface area contributed by atoms with Gasteiger partial charge in [0.05, 0.1) is 13.7 Å². The van der Waals surface area contributed by atoms with Gasteiger partial charge in [-0.05, 0) is 55.7 Å². The average molecular weight is 413 g/mol. The van der Waals surface area contributed by atoms with Gasteiger partial charge in [0.25, 0.3) is 5.91 Å². The van der Waals surface area contributed by atoms with Gasteiger partial charge in [0.1, 0.15) is 11.6 Å². The summed E-state index contributed by atoms with van der Waals surface area (Å²) in [6.45, 7) is 4.22. The van der Waals surface area contributed by atoms with Gasteiger partial charge in [0, 0.05) is 30.6 Å². The molecule has 6 nitrogen and oxygen atoms in total. The number of rotatable bonds is 9. The molecule has 0 aliphatic heterocycles. The third-order valence-electron chi connectivity index (χ3n) is 5.24. The minimum atomic E-state index is -0.198. The number of methoxy groups -OCH3 is 1. The molecule has 0 radical (unpaired) electrons. The predicted octanol–water partition coefficient (Wildman–Crippen LogP) is 2.85. The molecular formula is C23H29FN4O2. The summed E-state index contributed by atoms with van der Waals surface area (Å²) in [5, 5.41) is 9.30. The fraction of sp³-hybridized carbons (Fsp3) is 0.391. The van der Waals surface area contributed by atoms with Gasteiger partial charge in [-0.15, -0.1) is 0 Å². The van der Waals surface area contributed by atoms with Crippen LogP contribution in [0.15, 0.2) is 53.5 Å². The SMILES string of the molecule is CCNC(=NCC1(c2ccccc2F)CC1)NCCNC(=O)c1ccc(OC)cc1. The van der Waals surface area contributed by atoms with Crippen LogP contribution in [0.5, 0.6) is 5.75 Å². The van der Waals surface area contributed by atoms with E-state index in [0.29, 0.717) is 36.9 Å². The van der Waals surface area contributed by atoms with Crippen molar-refractivity contribution in [2.75, 3.05) is 33.3 Å². The van der Waals surface area contributed by atoms with Crippen molar-refractivity contribution >= 4 is 11.9 Å². The highest BCUT2D eigenvalue weighted by Gasteiger charge is 2.45. The molecular weight excluding hydrogens is 383 g/mol. The lowest BCUT2D eigenvalue weighted by Crippen LogP contribution is -2.42. The van der Waals surface area contributed by atoms with Crippen molar-refractivity contribution in [3.05, 3.63) is 65.5 Å². The summed E-state index contributed by atoms with van der Waals surface area (Å²) in [5.41, 5.74) is 1.13. The van der Waals surface area contributed by atoms with Crippen molar-refractivity contribution in [1.82, 2.24) is 16.0 Å². The highest BCUT2D eigenvalue weighted by molar-refractivity contribution is 5.94. The molecule has 1 aliphatic carbocycles. The zero-order valence-corrected chi connectivity index (χ0v) is 17.5. The zero-order valence-electron chi connectivity index (χ0n) is 17.5. The van der Waals surface area contributed by atoms with Crippen LogP contribution in [0.2, 0.25) is 0 Å². The summed E-state index contributed by atoms with van der Waals surface area (Å²) in [6.07, 6.45) is 1.88. The van der Waals surface area contributed by atoms with Gasteiger partial charge in [-0.3, -0.25) is 9.79 Å². The molecule has 1 fully saturated rings. The van der Waals surface area contributed by atoms with Crippen LogP contribution in [0.25, 0.3) is 0 Å². The lowest BCUT2D eigenvalue weighted by molar-refractivity contribution is 0.0954. The first kappa shape index (κ1) is 21.6. The Bertz CT molecular complexity index is 879. The minimum absolute atomic E-state index is 0.141. The number of hydrogen-bond acceptors (Lipinski definition) is 3. The molecule has 0 atom stereocenters. The molecule has 30 heavy (non-hydrogen) atoms. The van der Waals surface area contributed by atoms with Crippen LogP contribution in [-0.2, 0) is 5.41 Å². The van der Waals surface area contributed by atoms with Crippen LogP contribution >= 0.6 is 0 Å². The van der Waals surface area contributed by atoms with E-state index in [1.165, 1.54) is 6.07 Å². The third-order valence-corrected chi connectivity index (χ3v) is 5.24. The molecule has 0 unspecified atom stereocenters. The summed E-state index contributed by atoms with van der Waals surface area (Å²) < 4.78 is 19.3. The second-order valence-corrected chi connectivity index (χ2v) is 7.37. The highest BCUT2D eigenvalue weighted by Crippen LogP contribution is 2.49. The summed E-state index contributed by atoms with van der Waals surface area (Å²) in [5.74, 6) is 1.07. The molecule has 0 saturated heterocycles. The number of amides is 1. The predicted molar refractivity (Wildman–Crippen MR) is 117 cm³/mol. The molecule has 1 amide bonds. The molecule has 3 N–H and O–H groups in total. The number of nitrogens with zero attached hydrogens (tertiary/aromatic N) is 1. The van der Waals surface area contributed by atoms with Gasteiger partial charge in [-0.25, -0.2) is 4.39 Å². The Hall–Kier alpha value is -3.09. The first-order chi connectivity index (χ1) is 14.6. The number of hydrogen-bond donors (Lipinski definition) is 3. The number of nitrogens with one attached hydrogen (secondary N) is 3. The Labute approximate surface area is 176 Å². The van der Waals surface area contributed by atoms with E-state index in [-0.39, 0.29) is 17.1 Å². The van der Waals surface area contributed by atoms with E-state index in [0.717, 1.165) is 24.9 Å². The molecule has 0 aromatic heterocycles. The maximum Gasteiger partial charge on any atom is 0.251 e. The van der Waals surface area contributed by atoms with Crippen LogP contribution in [0.1, 0.15) is 35.7 Å². The van der Waals surface area contributed by atoms with Gasteiger partial charge in [-0.1, -0.05) is 18.2 Å². The Morgan fingerprint density at radius 2 is 1.77 bits per heavy atom. The molecule has 2 aromatic rings. The van der Waals surface area contributed by atoms with Gasteiger partial charge < -0.3 is 20.7 Å². The monoisotopic (exact) mass is 412 g/mol. The molecule has 3 rings (SSSR count). The lowest BCUT2D eigenvalue weighted by atomic mass is 9.95. The average Bonchev–Trinajstić information content (AvgIpc) is 3.56. The van der Waals surface area contributed by atoms with E-state index in [4.69, 9.17) is 4.74 Å². The summed E-state index contributed by atoms with van der Waals surface area (Å²) in [6, 6.07) is 13.9. The van der Waals surface area contributed by atoms with E-state index < -0.39 is 0 Å². The Morgan fingerprint density at radius 3 is 2.40 bits per heavy atom. The van der Waals surface area contributed by atoms with Crippen LogP contribution in [0, 0.1) is 5.82 Å². The molecule has 160 valence electrons. The summed E-state index contributed by atoms with van der Waals surface area (Å²) in [7, 11) is 1.59. The second kappa shape index (κ2) is 10.1. The van der Waals surface area contributed by atoms with Gasteiger partial charge >= 0.3 is 0 Å². The molecule has 0 heterocycles. The van der Waals surface area contributed by atoms with E-state index in [1.807, 2.05) is 19.1 Å². The number of guanidine groups is 1. The van der Waals surface area contributed by atoms with Crippen LogP contribution in [0.3, 0.4) is 0 Å². The maximum atomic E-state index is 14.2. The number of halogens is 1. The number of carbonyl (C=O) groups is 1. The van der Waals surface area contributed by atoms with Crippen LogP contribution < -0.4 is 20.7 Å². The fourth-order valence-electron chi connectivity index (χ4n) is 3.33. The Kier molecular flexibility index (Phi) is 7.27. The lowest BCUT2D eigenvalue weighted by Gasteiger charge is -2.16. The maximum absolute atomic E-state index is 14.2. The Balaban J connectivity index is 1.49. The van der Waals surface area contributed by atoms with Crippen LogP contribution in [0.4, 0.5) is 4.39 Å². The summed E-state index contributed by atoms with van der Waals surface area (Å²) in [4.78, 5) is 16.9. The molecule has 2 aromatic carbocycles. The quantitative estimate of drug-likeness (QED) is 0.336. The van der Waals surface area contributed by atoms with Crippen LogP contribution in [-0.4, -0.2) is 45.2 Å². The first-order valence-corrected chi connectivity index (χ1v) is 10.3. The van der Waals surface area contributed by atoms with Crippen molar-refractivity contribution in [2.24, 2.45) is 4.99 Å². The zero-order chi connectivity index (χ0) is 21.4. The largest absolute Gasteiger partial charge is 0.497 e. The van der Waals surface area contributed by atoms with Gasteiger partial charge in [0.2, 0.25) is 0 Å². The van der Waals surface area contributed by atoms with Crippen molar-refractivity contribution in [2.45, 2.75) is 25.2 Å². The molecule has 7 heteroatoms. The minimum Gasteiger partial charge on any atom is -0.497 e. The topological polar surface area (TPSA) is 74.8 Å². The van der Waals surface area contributed by atoms with Crippen molar-refractivity contribution in [3.8, 4) is 5.75 Å². The molecule has 1 aliphatic rings. The standard InChI is InChI=1S/C23H29FN4O2/c1-3-25-22(28-16-23(12-13-23)19-6-4-5-7-20(19)24)27-15-14-26-21(29)17-8-10-18(30-2)11-9-17/h4-11H,3,12-16H2,1-2H3,(H,26,29)(H2,25,27,28). The fourth-order valence-corrected chi connectivity index (χ4v) is 3.33. The van der Waals surface area contributed by atoms with Crippen molar-refractivity contribution in [1.29, 1.82) is 0 Å². The molecule has 0 spiro atoms. The van der Waals surface area contributed by atoms with Gasteiger partial charge in [-0.2, -0.15) is 0 Å². The first-order valence-electron chi connectivity index (χ1n) is 10.3. The van der Waals surface area contributed by atoms with Crippen molar-refractivity contribution < 1.29 is 13.9 Å². The van der Waals surface area contributed by atoms with Crippen molar-refractivity contribution in [3.63, 3.8) is 0 Å². The number of ether oxygens (including phenoxy) is 1. The molecule has 0 bridgehead atoms. The molecule has 1 saturated carbocycles. The summed E-state index contributed by atoms with van der Waals surface area (Å²) >= 11 is 0.